The third-order valence-electron chi connectivity index (χ3n) is 4.80. The van der Waals surface area contributed by atoms with Gasteiger partial charge in [0.05, 0.1) is 12.2 Å². The largest absolute Gasteiger partial charge is 0.328 e. The van der Waals surface area contributed by atoms with Crippen molar-refractivity contribution in [1.29, 1.82) is 0 Å². The molecule has 140 valence electrons. The lowest BCUT2D eigenvalue weighted by molar-refractivity contribution is 0.102. The Morgan fingerprint density at radius 1 is 1.15 bits per heavy atom. The van der Waals surface area contributed by atoms with Gasteiger partial charge in [-0.1, -0.05) is 46.4 Å². The predicted molar refractivity (Wildman–Crippen MR) is 104 cm³/mol. The van der Waals surface area contributed by atoms with Crippen molar-refractivity contribution < 1.29 is 4.79 Å². The molecule has 1 aliphatic carbocycles. The molecule has 2 heterocycles. The molecule has 2 aromatic heterocycles. The zero-order valence-corrected chi connectivity index (χ0v) is 15.8. The van der Waals surface area contributed by atoms with Gasteiger partial charge in [-0.15, -0.1) is 15.3 Å². The smallest absolute Gasteiger partial charge is 0.279 e. The van der Waals surface area contributed by atoms with Gasteiger partial charge in [0.1, 0.15) is 5.01 Å². The van der Waals surface area contributed by atoms with E-state index in [1.807, 2.05) is 31.2 Å². The zero-order chi connectivity index (χ0) is 18.8. The molecule has 1 saturated carbocycles. The van der Waals surface area contributed by atoms with E-state index in [9.17, 15) is 4.79 Å². The average molecular weight is 383 g/mol. The molecule has 0 unspecified atom stereocenters. The van der Waals surface area contributed by atoms with Crippen molar-refractivity contribution in [3.8, 4) is 10.6 Å². The van der Waals surface area contributed by atoms with Gasteiger partial charge in [0.2, 0.25) is 5.13 Å². The van der Waals surface area contributed by atoms with Crippen LogP contribution >= 0.6 is 11.3 Å². The van der Waals surface area contributed by atoms with Crippen LogP contribution < -0.4 is 11.1 Å². The van der Waals surface area contributed by atoms with Crippen LogP contribution in [-0.2, 0) is 0 Å². The van der Waals surface area contributed by atoms with Crippen molar-refractivity contribution in [2.45, 2.75) is 44.7 Å². The van der Waals surface area contributed by atoms with Crippen LogP contribution in [0, 0.1) is 6.92 Å². The summed E-state index contributed by atoms with van der Waals surface area (Å²) in [4.78, 5) is 12.4. The summed E-state index contributed by atoms with van der Waals surface area (Å²) < 4.78 is 1.78. The first-order chi connectivity index (χ1) is 13.1. The van der Waals surface area contributed by atoms with E-state index in [1.165, 1.54) is 16.9 Å². The van der Waals surface area contributed by atoms with Crippen molar-refractivity contribution in [1.82, 2.24) is 25.2 Å². The Morgan fingerprint density at radius 2 is 1.89 bits per heavy atom. The van der Waals surface area contributed by atoms with Gasteiger partial charge >= 0.3 is 0 Å². The molecule has 0 radical (unpaired) electrons. The highest BCUT2D eigenvalue weighted by atomic mass is 32.1. The number of anilines is 1. The molecular weight excluding hydrogens is 362 g/mol. The summed E-state index contributed by atoms with van der Waals surface area (Å²) in [7, 11) is 0. The second kappa shape index (κ2) is 7.53. The number of nitrogens with two attached hydrogens (primary N) is 1. The van der Waals surface area contributed by atoms with Crippen LogP contribution in [-0.4, -0.2) is 37.1 Å². The van der Waals surface area contributed by atoms with Gasteiger partial charge in [-0.2, -0.15) is 0 Å². The maximum Gasteiger partial charge on any atom is 0.279 e. The van der Waals surface area contributed by atoms with Crippen LogP contribution in [0.4, 0.5) is 5.13 Å². The summed E-state index contributed by atoms with van der Waals surface area (Å²) in [5.41, 5.74) is 8.37. The van der Waals surface area contributed by atoms with Crippen LogP contribution in [0.2, 0.25) is 0 Å². The number of carbonyl (C=O) groups is 1. The number of nitrogens with one attached hydrogen (secondary N) is 1. The first-order valence-corrected chi connectivity index (χ1v) is 9.79. The van der Waals surface area contributed by atoms with Crippen LogP contribution in [0.5, 0.6) is 0 Å². The number of carbonyl (C=O) groups excluding carboxylic acids is 1. The van der Waals surface area contributed by atoms with E-state index in [4.69, 9.17) is 5.73 Å². The second-order valence-corrected chi connectivity index (χ2v) is 7.86. The van der Waals surface area contributed by atoms with Gasteiger partial charge in [0.15, 0.2) is 5.69 Å². The maximum absolute atomic E-state index is 12.4. The molecule has 0 saturated heterocycles. The SMILES string of the molecule is Cc1ccc(-c2nnc(NC(=O)c3cn(C4CCC(N)CC4)nn3)s2)cc1. The number of hydrogen-bond acceptors (Lipinski definition) is 7. The highest BCUT2D eigenvalue weighted by Crippen LogP contribution is 2.28. The molecule has 0 aliphatic heterocycles. The number of aromatic nitrogens is 5. The lowest BCUT2D eigenvalue weighted by Gasteiger charge is -2.25. The molecule has 0 spiro atoms. The quantitative estimate of drug-likeness (QED) is 0.716. The summed E-state index contributed by atoms with van der Waals surface area (Å²) in [5.74, 6) is -0.333. The van der Waals surface area contributed by atoms with Gasteiger partial charge < -0.3 is 5.73 Å². The number of amides is 1. The van der Waals surface area contributed by atoms with Gasteiger partial charge in [-0.25, -0.2) is 4.68 Å². The lowest BCUT2D eigenvalue weighted by Crippen LogP contribution is -2.28. The Bertz CT molecular complexity index is 925. The minimum Gasteiger partial charge on any atom is -0.328 e. The van der Waals surface area contributed by atoms with Crippen molar-refractivity contribution >= 4 is 22.4 Å². The van der Waals surface area contributed by atoms with Crippen LogP contribution in [0.15, 0.2) is 30.5 Å². The molecule has 3 N–H and O–H groups in total. The first-order valence-electron chi connectivity index (χ1n) is 8.98. The van der Waals surface area contributed by atoms with Gasteiger partial charge in [-0.05, 0) is 32.6 Å². The predicted octanol–water partition coefficient (Wildman–Crippen LogP) is 2.80. The Morgan fingerprint density at radius 3 is 2.63 bits per heavy atom. The fourth-order valence-electron chi connectivity index (χ4n) is 3.17. The van der Waals surface area contributed by atoms with E-state index < -0.39 is 0 Å². The van der Waals surface area contributed by atoms with Crippen molar-refractivity contribution in [3.05, 3.63) is 41.7 Å². The summed E-state index contributed by atoms with van der Waals surface area (Å²) in [6.07, 6.45) is 5.56. The molecule has 3 aromatic rings. The monoisotopic (exact) mass is 383 g/mol. The molecule has 27 heavy (non-hydrogen) atoms. The molecule has 1 amide bonds. The van der Waals surface area contributed by atoms with E-state index in [2.05, 4.69) is 25.8 Å². The molecule has 1 aromatic carbocycles. The summed E-state index contributed by atoms with van der Waals surface area (Å²) >= 11 is 1.33. The van der Waals surface area contributed by atoms with Crippen LogP contribution in [0.3, 0.4) is 0 Å². The zero-order valence-electron chi connectivity index (χ0n) is 15.0. The number of benzene rings is 1. The van der Waals surface area contributed by atoms with E-state index in [-0.39, 0.29) is 23.7 Å². The fourth-order valence-corrected chi connectivity index (χ4v) is 3.92. The average Bonchev–Trinajstić information content (AvgIpc) is 3.33. The first kappa shape index (κ1) is 17.7. The number of nitrogens with zero attached hydrogens (tertiary/aromatic N) is 5. The van der Waals surface area contributed by atoms with E-state index in [0.717, 1.165) is 36.3 Å². The highest BCUT2D eigenvalue weighted by Gasteiger charge is 2.22. The molecule has 8 nitrogen and oxygen atoms in total. The topological polar surface area (TPSA) is 112 Å². The van der Waals surface area contributed by atoms with Gasteiger partial charge in [0.25, 0.3) is 5.91 Å². The summed E-state index contributed by atoms with van der Waals surface area (Å²) in [6.45, 7) is 2.03. The standard InChI is InChI=1S/C18H21N7OS/c1-11-2-4-12(5-3-11)17-22-23-18(27-17)20-16(26)15-10-25(24-21-15)14-8-6-13(19)7-9-14/h2-5,10,13-14H,6-9,19H2,1H3,(H,20,23,26). The number of aryl methyl sites for hydroxylation is 1. The van der Waals surface area contributed by atoms with E-state index >= 15 is 0 Å². The van der Waals surface area contributed by atoms with Gasteiger partial charge in [0, 0.05) is 11.6 Å². The van der Waals surface area contributed by atoms with Crippen molar-refractivity contribution in [2.75, 3.05) is 5.32 Å². The number of hydrogen-bond donors (Lipinski definition) is 2. The molecule has 0 atom stereocenters. The molecule has 0 bridgehead atoms. The Hall–Kier alpha value is -2.65. The lowest BCUT2D eigenvalue weighted by atomic mass is 9.92. The molecule has 1 fully saturated rings. The van der Waals surface area contributed by atoms with Crippen molar-refractivity contribution in [2.24, 2.45) is 5.73 Å². The minimum absolute atomic E-state index is 0.258. The summed E-state index contributed by atoms with van der Waals surface area (Å²) in [5, 5.41) is 20.3. The molecule has 1 aliphatic rings. The Balaban J connectivity index is 1.42. The van der Waals surface area contributed by atoms with E-state index in [1.54, 1.807) is 10.9 Å². The second-order valence-electron chi connectivity index (χ2n) is 6.88. The van der Waals surface area contributed by atoms with Gasteiger partial charge in [-0.3, -0.25) is 10.1 Å². The van der Waals surface area contributed by atoms with Crippen LogP contribution in [0.1, 0.15) is 47.8 Å². The van der Waals surface area contributed by atoms with Crippen LogP contribution in [0.25, 0.3) is 10.6 Å². The van der Waals surface area contributed by atoms with E-state index in [0.29, 0.717) is 5.13 Å². The molecule has 4 rings (SSSR count). The third-order valence-corrected chi connectivity index (χ3v) is 5.69. The minimum atomic E-state index is -0.333. The molecule has 9 heteroatoms. The third kappa shape index (κ3) is 4.04. The Labute approximate surface area is 160 Å². The Kier molecular flexibility index (Phi) is 4.95. The highest BCUT2D eigenvalue weighted by molar-refractivity contribution is 7.18. The maximum atomic E-state index is 12.4. The molecular formula is C18H21N7OS. The number of rotatable bonds is 4. The fraction of sp³-hybridized carbons (Fsp3) is 0.389. The normalized spacial score (nSPS) is 19.8. The van der Waals surface area contributed by atoms with Crippen molar-refractivity contribution in [3.63, 3.8) is 0 Å². The summed E-state index contributed by atoms with van der Waals surface area (Å²) in [6, 6.07) is 8.55.